The predicted octanol–water partition coefficient (Wildman–Crippen LogP) is 1.79. The summed E-state index contributed by atoms with van der Waals surface area (Å²) >= 11 is 6.31. The van der Waals surface area contributed by atoms with Crippen molar-refractivity contribution in [2.24, 2.45) is 0 Å². The van der Waals surface area contributed by atoms with E-state index in [1.54, 1.807) is 24.3 Å². The van der Waals surface area contributed by atoms with Crippen LogP contribution >= 0.6 is 11.6 Å². The lowest BCUT2D eigenvalue weighted by Gasteiger charge is -2.16. The maximum atomic E-state index is 13.3. The van der Waals surface area contributed by atoms with E-state index >= 15 is 0 Å². The molecule has 4 aromatic rings. The average molecular weight is 400 g/mol. The number of rotatable bonds is 4. The second kappa shape index (κ2) is 6.61. The molecule has 0 unspecified atom stereocenters. The number of hydrogen-bond acceptors (Lipinski definition) is 5. The summed E-state index contributed by atoms with van der Waals surface area (Å²) in [5.74, 6) is 0.493. The molecule has 2 heterocycles. The van der Waals surface area contributed by atoms with Crippen LogP contribution in [0.3, 0.4) is 0 Å². The first-order chi connectivity index (χ1) is 13.3. The molecule has 0 aliphatic heterocycles. The second-order valence-corrected chi connectivity index (χ2v) is 7.32. The normalized spacial score (nSPS) is 11.9. The van der Waals surface area contributed by atoms with Crippen LogP contribution in [0, 0.1) is 0 Å². The molecule has 0 radical (unpaired) electrons. The monoisotopic (exact) mass is 399 g/mol. The van der Waals surface area contributed by atoms with Gasteiger partial charge in [0.2, 0.25) is 0 Å². The van der Waals surface area contributed by atoms with Crippen molar-refractivity contribution in [2.45, 2.75) is 6.54 Å². The Kier molecular flexibility index (Phi) is 4.36. The summed E-state index contributed by atoms with van der Waals surface area (Å²) in [4.78, 5) is 41.3. The molecule has 0 aliphatic carbocycles. The third-order valence-electron chi connectivity index (χ3n) is 4.94. The molecule has 28 heavy (non-hydrogen) atoms. The van der Waals surface area contributed by atoms with Crippen molar-refractivity contribution in [1.29, 1.82) is 0 Å². The van der Waals surface area contributed by atoms with Crippen molar-refractivity contribution in [3.05, 3.63) is 66.4 Å². The van der Waals surface area contributed by atoms with E-state index in [0.717, 1.165) is 0 Å². The summed E-state index contributed by atoms with van der Waals surface area (Å²) in [6, 6.07) is 7.99. The molecule has 0 saturated heterocycles. The first kappa shape index (κ1) is 18.5. The number of aromatic nitrogens is 2. The van der Waals surface area contributed by atoms with E-state index in [4.69, 9.17) is 16.3 Å². The largest absolute Gasteiger partial charge is 0.497 e. The van der Waals surface area contributed by atoms with Crippen molar-refractivity contribution >= 4 is 38.8 Å². The molecule has 4 rings (SSSR count). The smallest absolute Gasteiger partial charge is 0.336 e. The Morgan fingerprint density at radius 1 is 1.07 bits per heavy atom. The average Bonchev–Trinajstić information content (AvgIpc) is 2.67. The first-order valence-corrected chi connectivity index (χ1v) is 9.09. The number of halogens is 1. The van der Waals surface area contributed by atoms with Gasteiger partial charge in [0.25, 0.3) is 5.56 Å². The van der Waals surface area contributed by atoms with Crippen molar-refractivity contribution in [3.63, 3.8) is 0 Å². The van der Waals surface area contributed by atoms with Crippen molar-refractivity contribution in [3.8, 4) is 5.75 Å². The molecular formula is C20H18ClN3O4. The molecule has 0 bridgehead atoms. The number of fused-ring (bicyclic) bond motifs is 2. The van der Waals surface area contributed by atoms with Crippen LogP contribution in [-0.2, 0) is 6.54 Å². The fraction of sp³-hybridized carbons (Fsp3) is 0.250. The highest BCUT2D eigenvalue weighted by atomic mass is 35.5. The van der Waals surface area contributed by atoms with Gasteiger partial charge in [-0.3, -0.25) is 18.6 Å². The van der Waals surface area contributed by atoms with E-state index in [2.05, 4.69) is 0 Å². The van der Waals surface area contributed by atoms with Crippen LogP contribution in [-0.4, -0.2) is 41.6 Å². The molecule has 0 fully saturated rings. The van der Waals surface area contributed by atoms with Crippen LogP contribution in [0.4, 0.5) is 0 Å². The minimum atomic E-state index is -0.498. The Morgan fingerprint density at radius 2 is 1.82 bits per heavy atom. The van der Waals surface area contributed by atoms with E-state index in [-0.39, 0.29) is 33.3 Å². The van der Waals surface area contributed by atoms with E-state index in [0.29, 0.717) is 23.2 Å². The Morgan fingerprint density at radius 3 is 2.50 bits per heavy atom. The number of hydrogen-bond donors (Lipinski definition) is 0. The third kappa shape index (κ3) is 2.58. The molecule has 0 amide bonds. The van der Waals surface area contributed by atoms with Crippen LogP contribution in [0.1, 0.15) is 0 Å². The van der Waals surface area contributed by atoms with E-state index in [1.807, 2.05) is 19.0 Å². The predicted molar refractivity (Wildman–Crippen MR) is 111 cm³/mol. The van der Waals surface area contributed by atoms with Gasteiger partial charge in [0.05, 0.1) is 39.3 Å². The highest BCUT2D eigenvalue weighted by Crippen LogP contribution is 2.27. The second-order valence-electron chi connectivity index (χ2n) is 6.91. The van der Waals surface area contributed by atoms with E-state index < -0.39 is 11.2 Å². The van der Waals surface area contributed by atoms with E-state index in [1.165, 1.54) is 22.1 Å². The summed E-state index contributed by atoms with van der Waals surface area (Å²) in [5.41, 5.74) is -0.600. The molecule has 8 heteroatoms. The van der Waals surface area contributed by atoms with Crippen LogP contribution in [0.15, 0.2) is 44.7 Å². The van der Waals surface area contributed by atoms with Gasteiger partial charge < -0.3 is 9.64 Å². The summed E-state index contributed by atoms with van der Waals surface area (Å²) in [6.45, 7) is 0.757. The lowest BCUT2D eigenvalue weighted by Crippen LogP contribution is -2.40. The number of nitrogens with zero attached hydrogens (tertiary/aromatic N) is 3. The van der Waals surface area contributed by atoms with Gasteiger partial charge in [-0.05, 0) is 44.4 Å². The Balaban J connectivity index is 2.29. The highest BCUT2D eigenvalue weighted by molar-refractivity contribution is 6.36. The number of methoxy groups -OCH3 is 1. The molecule has 2 aromatic heterocycles. The SMILES string of the molecule is COc1ccc2c(c1)c(=O)c1c(Cl)ccc3c(=O)n(CCN(C)C)c(=O)n2c31. The van der Waals surface area contributed by atoms with Gasteiger partial charge in [-0.2, -0.15) is 0 Å². The summed E-state index contributed by atoms with van der Waals surface area (Å²) in [7, 11) is 5.24. The van der Waals surface area contributed by atoms with Gasteiger partial charge in [0.1, 0.15) is 5.75 Å². The molecule has 0 N–H and O–H groups in total. The molecule has 7 nitrogen and oxygen atoms in total. The Bertz CT molecular complexity index is 1410. The van der Waals surface area contributed by atoms with Crippen molar-refractivity contribution in [1.82, 2.24) is 13.9 Å². The zero-order valence-corrected chi connectivity index (χ0v) is 16.4. The van der Waals surface area contributed by atoms with Crippen LogP contribution in [0.2, 0.25) is 5.02 Å². The van der Waals surface area contributed by atoms with Gasteiger partial charge in [0, 0.05) is 13.1 Å². The zero-order chi connectivity index (χ0) is 20.2. The Labute approximate surface area is 164 Å². The van der Waals surface area contributed by atoms with Gasteiger partial charge in [-0.15, -0.1) is 0 Å². The van der Waals surface area contributed by atoms with Gasteiger partial charge in [-0.1, -0.05) is 11.6 Å². The van der Waals surface area contributed by atoms with E-state index in [9.17, 15) is 14.4 Å². The molecule has 144 valence electrons. The van der Waals surface area contributed by atoms with Crippen LogP contribution in [0.5, 0.6) is 5.75 Å². The number of likely N-dealkylation sites (N-methyl/N-ethyl adjacent to an activating group) is 1. The van der Waals surface area contributed by atoms with Gasteiger partial charge in [-0.25, -0.2) is 4.79 Å². The standard InChI is InChI=1S/C20H18ClN3O4/c1-22(2)8-9-23-19(26)12-5-6-14(21)16-17(12)24(20(23)27)15-7-4-11(28-3)10-13(15)18(16)25/h4-7,10H,8-9H2,1-3H3. The van der Waals surface area contributed by atoms with Crippen molar-refractivity contribution < 1.29 is 4.74 Å². The van der Waals surface area contributed by atoms with Gasteiger partial charge in [0.15, 0.2) is 5.43 Å². The lowest BCUT2D eigenvalue weighted by molar-refractivity contribution is 0.376. The number of ether oxygens (including phenoxy) is 1. The minimum absolute atomic E-state index is 0.161. The summed E-state index contributed by atoms with van der Waals surface area (Å²) in [5, 5.41) is 0.951. The fourth-order valence-corrected chi connectivity index (χ4v) is 3.75. The molecular weight excluding hydrogens is 382 g/mol. The molecule has 0 aliphatic rings. The zero-order valence-electron chi connectivity index (χ0n) is 15.7. The third-order valence-corrected chi connectivity index (χ3v) is 5.25. The topological polar surface area (TPSA) is 73.0 Å². The Hall–Kier alpha value is -2.90. The number of benzene rings is 2. The number of pyridine rings is 1. The maximum Gasteiger partial charge on any atom is 0.336 e. The molecule has 0 saturated carbocycles. The first-order valence-electron chi connectivity index (χ1n) is 8.71. The molecule has 0 spiro atoms. The van der Waals surface area contributed by atoms with Crippen molar-refractivity contribution in [2.75, 3.05) is 27.7 Å². The minimum Gasteiger partial charge on any atom is -0.497 e. The van der Waals surface area contributed by atoms with Gasteiger partial charge >= 0.3 is 5.69 Å². The summed E-state index contributed by atoms with van der Waals surface area (Å²) < 4.78 is 7.83. The lowest BCUT2D eigenvalue weighted by atomic mass is 10.1. The summed E-state index contributed by atoms with van der Waals surface area (Å²) in [6.07, 6.45) is 0. The van der Waals surface area contributed by atoms with Crippen LogP contribution in [0.25, 0.3) is 27.2 Å². The molecule has 0 atom stereocenters. The maximum absolute atomic E-state index is 13.3. The highest BCUT2D eigenvalue weighted by Gasteiger charge is 2.20. The molecule has 2 aromatic carbocycles. The fourth-order valence-electron chi connectivity index (χ4n) is 3.51. The quantitative estimate of drug-likeness (QED) is 0.386. The van der Waals surface area contributed by atoms with Crippen LogP contribution < -0.4 is 21.4 Å².